The molecule has 2 nitrogen and oxygen atoms in total. The summed E-state index contributed by atoms with van der Waals surface area (Å²) in [5, 5.41) is 0. The third-order valence-corrected chi connectivity index (χ3v) is 2.80. The molecular weight excluding hydrogens is 198 g/mol. The smallest absolute Gasteiger partial charge is 0.118 e. The number of hydrogen-bond acceptors (Lipinski definition) is 2. The van der Waals surface area contributed by atoms with E-state index in [1.807, 2.05) is 31.2 Å². The number of benzene rings is 1. The van der Waals surface area contributed by atoms with Crippen LogP contribution in [-0.4, -0.2) is 7.11 Å². The van der Waals surface area contributed by atoms with Crippen molar-refractivity contribution in [2.45, 2.75) is 25.3 Å². The molecule has 0 saturated heterocycles. The van der Waals surface area contributed by atoms with Gasteiger partial charge < -0.3 is 10.5 Å². The maximum absolute atomic E-state index is 6.19. The Bertz CT molecular complexity index is 418. The van der Waals surface area contributed by atoms with Crippen molar-refractivity contribution >= 4 is 0 Å². The molecule has 2 N–H and O–H groups in total. The normalized spacial score (nSPS) is 18.2. The summed E-state index contributed by atoms with van der Waals surface area (Å²) >= 11 is 0. The minimum Gasteiger partial charge on any atom is -0.497 e. The van der Waals surface area contributed by atoms with Crippen molar-refractivity contribution in [1.82, 2.24) is 0 Å². The zero-order valence-corrected chi connectivity index (χ0v) is 9.79. The fourth-order valence-corrected chi connectivity index (χ4v) is 1.49. The van der Waals surface area contributed by atoms with Crippen molar-refractivity contribution in [3.63, 3.8) is 0 Å². The van der Waals surface area contributed by atoms with Gasteiger partial charge in [0.05, 0.1) is 7.11 Å². The van der Waals surface area contributed by atoms with Gasteiger partial charge in [0.1, 0.15) is 11.3 Å². The standard InChI is InChI=1S/C14H17NO/c1-14(15,10-9-11-3-4-11)12-5-7-13(16-2)8-6-12/h5-8,11H,3-4,15H2,1-2H3. The molecule has 0 aromatic heterocycles. The first-order valence-corrected chi connectivity index (χ1v) is 5.58. The molecule has 0 aliphatic heterocycles. The van der Waals surface area contributed by atoms with Gasteiger partial charge in [-0.2, -0.15) is 0 Å². The molecule has 1 aromatic carbocycles. The zero-order valence-electron chi connectivity index (χ0n) is 9.79. The third kappa shape index (κ3) is 2.56. The van der Waals surface area contributed by atoms with Gasteiger partial charge in [-0.25, -0.2) is 0 Å². The quantitative estimate of drug-likeness (QED) is 0.768. The van der Waals surface area contributed by atoms with Crippen LogP contribution >= 0.6 is 0 Å². The van der Waals surface area contributed by atoms with E-state index in [0.29, 0.717) is 5.92 Å². The van der Waals surface area contributed by atoms with E-state index >= 15 is 0 Å². The van der Waals surface area contributed by atoms with Crippen LogP contribution in [0.3, 0.4) is 0 Å². The number of nitrogens with two attached hydrogens (primary N) is 1. The molecule has 1 aliphatic carbocycles. The first-order valence-electron chi connectivity index (χ1n) is 5.58. The van der Waals surface area contributed by atoms with Crippen LogP contribution < -0.4 is 10.5 Å². The van der Waals surface area contributed by atoms with Gasteiger partial charge in [0, 0.05) is 5.92 Å². The molecule has 1 unspecified atom stereocenters. The second-order valence-electron chi connectivity index (χ2n) is 4.47. The molecule has 84 valence electrons. The van der Waals surface area contributed by atoms with Crippen molar-refractivity contribution < 1.29 is 4.74 Å². The summed E-state index contributed by atoms with van der Waals surface area (Å²) in [6, 6.07) is 7.78. The lowest BCUT2D eigenvalue weighted by molar-refractivity contribution is 0.414. The van der Waals surface area contributed by atoms with Gasteiger partial charge in [-0.15, -0.1) is 0 Å². The first kappa shape index (κ1) is 11.0. The van der Waals surface area contributed by atoms with E-state index in [9.17, 15) is 0 Å². The molecule has 16 heavy (non-hydrogen) atoms. The minimum absolute atomic E-state index is 0.561. The van der Waals surface area contributed by atoms with Gasteiger partial charge in [0.25, 0.3) is 0 Å². The van der Waals surface area contributed by atoms with Crippen molar-refractivity contribution in [3.05, 3.63) is 29.8 Å². The van der Waals surface area contributed by atoms with Crippen molar-refractivity contribution in [1.29, 1.82) is 0 Å². The van der Waals surface area contributed by atoms with Crippen molar-refractivity contribution in [3.8, 4) is 17.6 Å². The molecular formula is C14H17NO. The molecule has 0 spiro atoms. The van der Waals surface area contributed by atoms with E-state index in [2.05, 4.69) is 11.8 Å². The molecule has 2 heteroatoms. The monoisotopic (exact) mass is 215 g/mol. The molecule has 1 aromatic rings. The van der Waals surface area contributed by atoms with E-state index in [0.717, 1.165) is 11.3 Å². The highest BCUT2D eigenvalue weighted by Gasteiger charge is 2.21. The molecule has 0 radical (unpaired) electrons. The number of rotatable bonds is 2. The van der Waals surface area contributed by atoms with E-state index in [4.69, 9.17) is 10.5 Å². The SMILES string of the molecule is COc1ccc(C(C)(N)C#CC2CC2)cc1. The van der Waals surface area contributed by atoms with Crippen LogP contribution in [0.1, 0.15) is 25.3 Å². The highest BCUT2D eigenvalue weighted by atomic mass is 16.5. The van der Waals surface area contributed by atoms with Gasteiger partial charge in [0.15, 0.2) is 0 Å². The molecule has 1 saturated carbocycles. The molecule has 0 amide bonds. The van der Waals surface area contributed by atoms with Crippen LogP contribution in [0.15, 0.2) is 24.3 Å². The summed E-state index contributed by atoms with van der Waals surface area (Å²) in [4.78, 5) is 0. The van der Waals surface area contributed by atoms with Gasteiger partial charge in [-0.1, -0.05) is 24.0 Å². The minimum atomic E-state index is -0.561. The second kappa shape index (κ2) is 4.19. The van der Waals surface area contributed by atoms with E-state index in [1.165, 1.54) is 12.8 Å². The topological polar surface area (TPSA) is 35.2 Å². The average Bonchev–Trinajstić information content (AvgIpc) is 3.10. The number of methoxy groups -OCH3 is 1. The summed E-state index contributed by atoms with van der Waals surface area (Å²) in [6.07, 6.45) is 2.46. The van der Waals surface area contributed by atoms with Crippen LogP contribution in [0.4, 0.5) is 0 Å². The molecule has 1 atom stereocenters. The summed E-state index contributed by atoms with van der Waals surface area (Å²) in [5.41, 5.74) is 6.66. The largest absolute Gasteiger partial charge is 0.497 e. The third-order valence-electron chi connectivity index (χ3n) is 2.80. The fraction of sp³-hybridized carbons (Fsp3) is 0.429. The Morgan fingerprint density at radius 1 is 1.31 bits per heavy atom. The fourth-order valence-electron chi connectivity index (χ4n) is 1.49. The van der Waals surface area contributed by atoms with E-state index in [-0.39, 0.29) is 0 Å². The Balaban J connectivity index is 2.17. The predicted octanol–water partition coefficient (Wildman–Crippen LogP) is 2.28. The van der Waals surface area contributed by atoms with Crippen LogP contribution in [-0.2, 0) is 5.54 Å². The maximum atomic E-state index is 6.19. The predicted molar refractivity (Wildman–Crippen MR) is 65.0 cm³/mol. The van der Waals surface area contributed by atoms with Gasteiger partial charge in [-0.05, 0) is 37.5 Å². The molecule has 0 heterocycles. The zero-order chi connectivity index (χ0) is 11.6. The van der Waals surface area contributed by atoms with Gasteiger partial charge >= 0.3 is 0 Å². The Morgan fingerprint density at radius 3 is 2.44 bits per heavy atom. The Morgan fingerprint density at radius 2 is 1.94 bits per heavy atom. The van der Waals surface area contributed by atoms with Crippen LogP contribution in [0.25, 0.3) is 0 Å². The summed E-state index contributed by atoms with van der Waals surface area (Å²) in [5.74, 6) is 7.81. The number of ether oxygens (including phenoxy) is 1. The van der Waals surface area contributed by atoms with Crippen molar-refractivity contribution in [2.24, 2.45) is 11.7 Å². The average molecular weight is 215 g/mol. The van der Waals surface area contributed by atoms with Crippen LogP contribution in [0, 0.1) is 17.8 Å². The lowest BCUT2D eigenvalue weighted by Crippen LogP contribution is -2.31. The van der Waals surface area contributed by atoms with Crippen molar-refractivity contribution in [2.75, 3.05) is 7.11 Å². The molecule has 1 fully saturated rings. The first-order chi connectivity index (χ1) is 7.62. The highest BCUT2D eigenvalue weighted by Crippen LogP contribution is 2.28. The second-order valence-corrected chi connectivity index (χ2v) is 4.47. The van der Waals surface area contributed by atoms with Gasteiger partial charge in [0.2, 0.25) is 0 Å². The van der Waals surface area contributed by atoms with Gasteiger partial charge in [-0.3, -0.25) is 0 Å². The lowest BCUT2D eigenvalue weighted by Gasteiger charge is -2.18. The van der Waals surface area contributed by atoms with Crippen LogP contribution in [0.5, 0.6) is 5.75 Å². The summed E-state index contributed by atoms with van der Waals surface area (Å²) < 4.78 is 5.11. The Labute approximate surface area is 96.8 Å². The Kier molecular flexibility index (Phi) is 2.89. The molecule has 2 rings (SSSR count). The van der Waals surface area contributed by atoms with E-state index < -0.39 is 5.54 Å². The summed E-state index contributed by atoms with van der Waals surface area (Å²) in [7, 11) is 1.66. The van der Waals surface area contributed by atoms with E-state index in [1.54, 1.807) is 7.11 Å². The van der Waals surface area contributed by atoms with Crippen LogP contribution in [0.2, 0.25) is 0 Å². The Hall–Kier alpha value is -1.46. The molecule has 1 aliphatic rings. The highest BCUT2D eigenvalue weighted by molar-refractivity contribution is 5.37. The molecule has 0 bridgehead atoms. The summed E-state index contributed by atoms with van der Waals surface area (Å²) in [6.45, 7) is 1.95. The number of hydrogen-bond donors (Lipinski definition) is 1. The maximum Gasteiger partial charge on any atom is 0.118 e. The lowest BCUT2D eigenvalue weighted by atomic mass is 9.93.